The van der Waals surface area contributed by atoms with E-state index in [1.54, 1.807) is 11.3 Å². The molecule has 5 rings (SSSR count). The van der Waals surface area contributed by atoms with Crippen LogP contribution in [0.3, 0.4) is 0 Å². The molecule has 2 aromatic heterocycles. The summed E-state index contributed by atoms with van der Waals surface area (Å²) in [6.07, 6.45) is 8.62. The Morgan fingerprint density at radius 3 is 2.82 bits per heavy atom. The number of anilines is 4. The van der Waals surface area contributed by atoms with Gasteiger partial charge in [0.2, 0.25) is 0 Å². The van der Waals surface area contributed by atoms with Crippen molar-refractivity contribution in [2.75, 3.05) is 23.0 Å². The molecule has 0 aliphatic heterocycles. The van der Waals surface area contributed by atoms with Crippen LogP contribution in [0.1, 0.15) is 18.4 Å². The van der Waals surface area contributed by atoms with Gasteiger partial charge >= 0.3 is 197 Å². The van der Waals surface area contributed by atoms with Crippen LogP contribution in [0.2, 0.25) is 0 Å². The molecule has 4 N–H and O–H groups in total. The quantitative estimate of drug-likeness (QED) is 0.0920. The fraction of sp³-hybridized carbons (Fsp3) is 0.100. The van der Waals surface area contributed by atoms with Gasteiger partial charge in [0.05, 0.1) is 0 Å². The number of hydrogen-bond acceptors (Lipinski definition) is 7. The minimum atomic E-state index is 0.539. The van der Waals surface area contributed by atoms with Gasteiger partial charge in [0.15, 0.2) is 0 Å². The van der Waals surface area contributed by atoms with Crippen LogP contribution in [0.25, 0.3) is 21.3 Å². The van der Waals surface area contributed by atoms with Crippen LogP contribution in [-0.4, -0.2) is 29.6 Å². The van der Waals surface area contributed by atoms with Crippen molar-refractivity contribution in [3.05, 3.63) is 90.1 Å². The second-order valence-corrected chi connectivity index (χ2v) is 9.66. The summed E-state index contributed by atoms with van der Waals surface area (Å²) in [7, 11) is 4.18. The van der Waals surface area contributed by atoms with Crippen molar-refractivity contribution in [3.63, 3.8) is 0 Å². The van der Waals surface area contributed by atoms with Gasteiger partial charge in [-0.2, -0.15) is 0 Å². The van der Waals surface area contributed by atoms with Crippen LogP contribution in [0.5, 0.6) is 5.75 Å². The third kappa shape index (κ3) is 6.02. The summed E-state index contributed by atoms with van der Waals surface area (Å²) < 4.78 is 6.05. The van der Waals surface area contributed by atoms with Gasteiger partial charge in [0, 0.05) is 5.56 Å². The minimum absolute atomic E-state index is 0.539. The molecule has 0 atom stereocenters. The molecule has 0 amide bonds. The summed E-state index contributed by atoms with van der Waals surface area (Å²) in [6, 6.07) is 23.6. The molecule has 6 nitrogen and oxygen atoms in total. The standard InChI is InChI=1S/C30H26BN5OS/c1-2-20-6-3-7-22(16-20)35-30-24-18-23(11-13-26(24)33-19-34-30)37-14-4-9-29(31)36-27-17-21(10-12-25(27)32)28-8-5-15-38-28/h1,3,5-8,10-13,15-19,31,36H,4,9,14,32H2,(H,33,34,35). The van der Waals surface area contributed by atoms with Gasteiger partial charge in [-0.25, -0.2) is 0 Å². The van der Waals surface area contributed by atoms with Crippen molar-refractivity contribution in [3.8, 4) is 28.5 Å². The molecule has 0 aliphatic carbocycles. The van der Waals surface area contributed by atoms with E-state index < -0.39 is 0 Å². The molecular weight excluding hydrogens is 489 g/mol. The number of hydrogen-bond donors (Lipinski definition) is 3. The van der Waals surface area contributed by atoms with Gasteiger partial charge in [0.1, 0.15) is 0 Å². The van der Waals surface area contributed by atoms with Crippen LogP contribution in [-0.2, 0) is 0 Å². The number of nitrogens with two attached hydrogens (primary N) is 1. The molecule has 3 aromatic carbocycles. The predicted octanol–water partition coefficient (Wildman–Crippen LogP) is 5.97. The molecule has 0 unspecified atom stereocenters. The predicted molar refractivity (Wildman–Crippen MR) is 162 cm³/mol. The number of aromatic nitrogens is 2. The molecule has 0 fully saturated rings. The van der Waals surface area contributed by atoms with Crippen molar-refractivity contribution in [1.29, 1.82) is 0 Å². The molecule has 186 valence electrons. The first kappa shape index (κ1) is 25.1. The fourth-order valence-electron chi connectivity index (χ4n) is 4.04. The zero-order valence-electron chi connectivity index (χ0n) is 20.8. The van der Waals surface area contributed by atoms with Crippen LogP contribution in [0.4, 0.5) is 22.9 Å². The molecule has 0 saturated carbocycles. The van der Waals surface area contributed by atoms with Crippen molar-refractivity contribution in [2.45, 2.75) is 12.8 Å². The van der Waals surface area contributed by atoms with E-state index in [1.807, 2.05) is 60.7 Å². The van der Waals surface area contributed by atoms with E-state index in [2.05, 4.69) is 51.5 Å². The number of nitrogens with zero attached hydrogens (tertiary/aromatic N) is 2. The molecule has 2 heterocycles. The van der Waals surface area contributed by atoms with Crippen molar-refractivity contribution >= 4 is 58.2 Å². The van der Waals surface area contributed by atoms with E-state index in [0.717, 1.165) is 57.6 Å². The fourth-order valence-corrected chi connectivity index (χ4v) is 4.76. The van der Waals surface area contributed by atoms with Gasteiger partial charge in [-0.1, -0.05) is 12.0 Å². The van der Waals surface area contributed by atoms with Crippen LogP contribution < -0.4 is 21.1 Å². The van der Waals surface area contributed by atoms with E-state index in [0.29, 0.717) is 18.1 Å². The number of fused-ring (bicyclic) bond motifs is 1. The van der Waals surface area contributed by atoms with Gasteiger partial charge in [-0.15, -0.1) is 6.42 Å². The number of nitrogens with one attached hydrogen (secondary N) is 2. The van der Waals surface area contributed by atoms with E-state index >= 15 is 0 Å². The van der Waals surface area contributed by atoms with Crippen molar-refractivity contribution in [2.24, 2.45) is 0 Å². The Morgan fingerprint density at radius 1 is 1.05 bits per heavy atom. The molecule has 0 bridgehead atoms. The first-order valence-corrected chi connectivity index (χ1v) is 13.1. The molecule has 38 heavy (non-hydrogen) atoms. The SMILES string of the molecule is B=C(CCCOc1ccc2ncnc(Nc3cccc(C#C)c3)c2c1)Nc1cc(-c2cccs2)ccc1N. The monoisotopic (exact) mass is 515 g/mol. The Kier molecular flexibility index (Phi) is 7.67. The first-order chi connectivity index (χ1) is 18.6. The van der Waals surface area contributed by atoms with Crippen LogP contribution in [0.15, 0.2) is 84.5 Å². The van der Waals surface area contributed by atoms with Gasteiger partial charge in [0.25, 0.3) is 0 Å². The molecular formula is C30H26BN5OS. The molecule has 5 aromatic rings. The number of ether oxygens (including phenoxy) is 1. The van der Waals surface area contributed by atoms with Crippen LogP contribution in [0, 0.1) is 12.3 Å². The summed E-state index contributed by atoms with van der Waals surface area (Å²) in [6.45, 7) is 0.539. The maximum atomic E-state index is 6.19. The zero-order chi connectivity index (χ0) is 26.3. The molecule has 0 aliphatic rings. The summed E-state index contributed by atoms with van der Waals surface area (Å²) in [4.78, 5) is 10.0. The molecule has 8 heteroatoms. The van der Waals surface area contributed by atoms with Crippen molar-refractivity contribution in [1.82, 2.24) is 9.97 Å². The third-order valence-corrected chi connectivity index (χ3v) is 6.88. The number of rotatable bonds is 10. The zero-order valence-corrected chi connectivity index (χ0v) is 21.6. The molecule has 0 saturated heterocycles. The second kappa shape index (κ2) is 11.6. The Balaban J connectivity index is 1.18. The van der Waals surface area contributed by atoms with E-state index in [-0.39, 0.29) is 0 Å². The average molecular weight is 515 g/mol. The van der Waals surface area contributed by atoms with Crippen LogP contribution >= 0.6 is 11.3 Å². The Bertz CT molecular complexity index is 1630. The topological polar surface area (TPSA) is 85.1 Å². The normalized spacial score (nSPS) is 10.6. The molecule has 0 spiro atoms. The third-order valence-electron chi connectivity index (χ3n) is 5.96. The number of terminal acetylenes is 1. The van der Waals surface area contributed by atoms with E-state index in [4.69, 9.17) is 16.9 Å². The van der Waals surface area contributed by atoms with E-state index in [1.165, 1.54) is 11.2 Å². The summed E-state index contributed by atoms with van der Waals surface area (Å²) in [5, 5.41) is 9.64. The van der Waals surface area contributed by atoms with E-state index in [9.17, 15) is 0 Å². The Morgan fingerprint density at radius 2 is 1.97 bits per heavy atom. The molecule has 0 radical (unpaired) electrons. The number of thiophene rings is 1. The Labute approximate surface area is 227 Å². The summed E-state index contributed by atoms with van der Waals surface area (Å²) >= 11 is 1.70. The first-order valence-electron chi connectivity index (χ1n) is 12.2. The van der Waals surface area contributed by atoms with Gasteiger partial charge in [-0.3, -0.25) is 0 Å². The summed E-state index contributed by atoms with van der Waals surface area (Å²) in [5.41, 5.74) is 12.2. The Hall–Kier alpha value is -4.61. The van der Waals surface area contributed by atoms with Gasteiger partial charge in [-0.05, 0) is 6.07 Å². The summed E-state index contributed by atoms with van der Waals surface area (Å²) in [5.74, 6) is 4.09. The average Bonchev–Trinajstić information content (AvgIpc) is 3.48. The van der Waals surface area contributed by atoms with Gasteiger partial charge < -0.3 is 0 Å². The maximum absolute atomic E-state index is 6.19. The number of nitrogen functional groups attached to an aromatic ring is 1. The second-order valence-electron chi connectivity index (χ2n) is 8.71. The number of benzene rings is 3. The van der Waals surface area contributed by atoms with Crippen molar-refractivity contribution < 1.29 is 4.74 Å².